The van der Waals surface area contributed by atoms with Crippen LogP contribution in [0.1, 0.15) is 36.9 Å². The van der Waals surface area contributed by atoms with Gasteiger partial charge in [-0.1, -0.05) is 35.4 Å². The van der Waals surface area contributed by atoms with Gasteiger partial charge in [-0.3, -0.25) is 4.79 Å². The number of carbonyl (C=O) groups is 1. The summed E-state index contributed by atoms with van der Waals surface area (Å²) in [6.45, 7) is 0. The molecule has 1 aromatic heterocycles. The van der Waals surface area contributed by atoms with Gasteiger partial charge in [-0.25, -0.2) is 0 Å². The number of fused-ring (bicyclic) bond motifs is 3. The minimum absolute atomic E-state index is 0.161. The minimum Gasteiger partial charge on any atom is -0.358 e. The molecule has 3 nitrogen and oxygen atoms in total. The number of allylic oxidation sites excluding steroid dienone is 2. The summed E-state index contributed by atoms with van der Waals surface area (Å²) in [4.78, 5) is 15.7. The van der Waals surface area contributed by atoms with E-state index in [1.165, 1.54) is 11.3 Å². The molecule has 1 aromatic carbocycles. The van der Waals surface area contributed by atoms with Crippen molar-refractivity contribution in [2.75, 3.05) is 0 Å². The van der Waals surface area contributed by atoms with Crippen molar-refractivity contribution in [2.45, 2.75) is 44.6 Å². The van der Waals surface area contributed by atoms with Gasteiger partial charge < -0.3 is 10.3 Å². The number of hydrogen-bond acceptors (Lipinski definition) is 1. The van der Waals surface area contributed by atoms with E-state index < -0.39 is 0 Å². The average Bonchev–Trinajstić information content (AvgIpc) is 3.13. The molecule has 4 rings (SSSR count). The van der Waals surface area contributed by atoms with Gasteiger partial charge in [0.15, 0.2) is 0 Å². The number of aromatic nitrogens is 1. The number of nitrogens with one attached hydrogen (secondary N) is 2. The summed E-state index contributed by atoms with van der Waals surface area (Å²) in [5.41, 5.74) is 3.43. The van der Waals surface area contributed by atoms with Gasteiger partial charge in [-0.05, 0) is 55.7 Å². The van der Waals surface area contributed by atoms with Crippen LogP contribution in [0.5, 0.6) is 0 Å². The standard InChI is InChI=1S/C19H20Cl2N2O/c20-12-8-15(21)19-14-10-13(5-6-16(14)23-17(19)9-12)22-18(24)7-11-3-1-2-4-11/h1,3,8-9,11,13,23H,2,4-7,10H2,(H,22,24). The number of benzene rings is 1. The fourth-order valence-corrected chi connectivity index (χ4v) is 4.59. The predicted octanol–water partition coefficient (Wildman–Crippen LogP) is 4.80. The third-order valence-electron chi connectivity index (χ3n) is 5.13. The quantitative estimate of drug-likeness (QED) is 0.756. The van der Waals surface area contributed by atoms with Gasteiger partial charge in [0.05, 0.1) is 5.02 Å². The Kier molecular flexibility index (Phi) is 4.31. The van der Waals surface area contributed by atoms with Gasteiger partial charge >= 0.3 is 0 Å². The molecule has 0 saturated carbocycles. The van der Waals surface area contributed by atoms with Gasteiger partial charge in [-0.15, -0.1) is 0 Å². The first-order valence-electron chi connectivity index (χ1n) is 8.54. The van der Waals surface area contributed by atoms with Crippen molar-refractivity contribution in [3.8, 4) is 0 Å². The molecule has 0 bridgehead atoms. The van der Waals surface area contributed by atoms with Crippen molar-refractivity contribution in [2.24, 2.45) is 5.92 Å². The summed E-state index contributed by atoms with van der Waals surface area (Å²) in [6.07, 6.45) is 9.84. The Morgan fingerprint density at radius 3 is 2.96 bits per heavy atom. The molecular weight excluding hydrogens is 343 g/mol. The molecule has 2 unspecified atom stereocenters. The van der Waals surface area contributed by atoms with Crippen molar-refractivity contribution in [1.82, 2.24) is 10.3 Å². The highest BCUT2D eigenvalue weighted by molar-refractivity contribution is 6.38. The Morgan fingerprint density at radius 2 is 2.17 bits per heavy atom. The van der Waals surface area contributed by atoms with Crippen molar-refractivity contribution >= 4 is 40.0 Å². The summed E-state index contributed by atoms with van der Waals surface area (Å²) in [5.74, 6) is 0.572. The van der Waals surface area contributed by atoms with Crippen molar-refractivity contribution in [3.05, 3.63) is 45.6 Å². The molecule has 126 valence electrons. The number of rotatable bonds is 3. The van der Waals surface area contributed by atoms with E-state index in [9.17, 15) is 4.79 Å². The van der Waals surface area contributed by atoms with Crippen LogP contribution in [0.3, 0.4) is 0 Å². The number of halogens is 2. The molecule has 0 radical (unpaired) electrons. The zero-order valence-corrected chi connectivity index (χ0v) is 14.9. The molecule has 2 atom stereocenters. The molecule has 2 N–H and O–H groups in total. The van der Waals surface area contributed by atoms with Gasteiger partial charge in [0.1, 0.15) is 0 Å². The Balaban J connectivity index is 1.50. The predicted molar refractivity (Wildman–Crippen MR) is 98.8 cm³/mol. The summed E-state index contributed by atoms with van der Waals surface area (Å²) in [6, 6.07) is 3.89. The highest BCUT2D eigenvalue weighted by Gasteiger charge is 2.25. The lowest BCUT2D eigenvalue weighted by Crippen LogP contribution is -2.39. The number of carbonyl (C=O) groups excluding carboxylic acids is 1. The maximum Gasteiger partial charge on any atom is 0.220 e. The van der Waals surface area contributed by atoms with E-state index in [0.717, 1.165) is 43.0 Å². The van der Waals surface area contributed by atoms with E-state index in [-0.39, 0.29) is 11.9 Å². The zero-order valence-electron chi connectivity index (χ0n) is 13.4. The van der Waals surface area contributed by atoms with Crippen LogP contribution in [-0.4, -0.2) is 16.9 Å². The highest BCUT2D eigenvalue weighted by atomic mass is 35.5. The number of aryl methyl sites for hydroxylation is 1. The third kappa shape index (κ3) is 3.07. The van der Waals surface area contributed by atoms with Crippen LogP contribution in [0.2, 0.25) is 10.0 Å². The largest absolute Gasteiger partial charge is 0.358 e. The summed E-state index contributed by atoms with van der Waals surface area (Å²) < 4.78 is 0. The normalized spacial score (nSPS) is 22.8. The first-order chi connectivity index (χ1) is 11.6. The van der Waals surface area contributed by atoms with Crippen LogP contribution < -0.4 is 5.32 Å². The molecule has 0 spiro atoms. The number of aromatic amines is 1. The second-order valence-electron chi connectivity index (χ2n) is 6.87. The van der Waals surface area contributed by atoms with Gasteiger partial charge in [0, 0.05) is 34.1 Å². The van der Waals surface area contributed by atoms with E-state index in [1.807, 2.05) is 6.07 Å². The first kappa shape index (κ1) is 16.0. The molecular formula is C19H20Cl2N2O. The van der Waals surface area contributed by atoms with Crippen LogP contribution in [0.25, 0.3) is 10.9 Å². The minimum atomic E-state index is 0.161. The van der Waals surface area contributed by atoms with Gasteiger partial charge in [0.2, 0.25) is 5.91 Å². The molecule has 0 aliphatic heterocycles. The Hall–Kier alpha value is -1.45. The molecule has 0 fully saturated rings. The molecule has 1 amide bonds. The SMILES string of the molecule is O=C(CC1C=CCC1)NC1CCc2[nH]c3cc(Cl)cc(Cl)c3c2C1. The monoisotopic (exact) mass is 362 g/mol. The fourth-order valence-electron chi connectivity index (χ4n) is 3.99. The van der Waals surface area contributed by atoms with Crippen LogP contribution in [0.4, 0.5) is 0 Å². The lowest BCUT2D eigenvalue weighted by Gasteiger charge is -2.24. The smallest absolute Gasteiger partial charge is 0.220 e. The number of hydrogen-bond donors (Lipinski definition) is 2. The van der Waals surface area contributed by atoms with E-state index in [1.54, 1.807) is 6.07 Å². The molecule has 2 aliphatic rings. The fraction of sp³-hybridized carbons (Fsp3) is 0.421. The topological polar surface area (TPSA) is 44.9 Å². The van der Waals surface area contributed by atoms with Crippen LogP contribution >= 0.6 is 23.2 Å². The lowest BCUT2D eigenvalue weighted by atomic mass is 9.91. The van der Waals surface area contributed by atoms with E-state index >= 15 is 0 Å². The molecule has 1 heterocycles. The second kappa shape index (κ2) is 6.45. The molecule has 2 aliphatic carbocycles. The zero-order chi connectivity index (χ0) is 16.7. The second-order valence-corrected chi connectivity index (χ2v) is 7.71. The molecule has 5 heteroatoms. The van der Waals surface area contributed by atoms with Crippen molar-refractivity contribution < 1.29 is 4.79 Å². The first-order valence-corrected chi connectivity index (χ1v) is 9.30. The highest BCUT2D eigenvalue weighted by Crippen LogP contribution is 2.36. The summed E-state index contributed by atoms with van der Waals surface area (Å²) in [5, 5.41) is 5.58. The molecule has 24 heavy (non-hydrogen) atoms. The maximum atomic E-state index is 12.3. The summed E-state index contributed by atoms with van der Waals surface area (Å²) in [7, 11) is 0. The Bertz CT molecular complexity index is 824. The Morgan fingerprint density at radius 1 is 1.29 bits per heavy atom. The van der Waals surface area contributed by atoms with Gasteiger partial charge in [0.25, 0.3) is 0 Å². The van der Waals surface area contributed by atoms with Crippen LogP contribution in [0, 0.1) is 5.92 Å². The van der Waals surface area contributed by atoms with Crippen molar-refractivity contribution in [3.63, 3.8) is 0 Å². The van der Waals surface area contributed by atoms with E-state index in [2.05, 4.69) is 22.5 Å². The van der Waals surface area contributed by atoms with Crippen LogP contribution in [0.15, 0.2) is 24.3 Å². The molecule has 2 aromatic rings. The summed E-state index contributed by atoms with van der Waals surface area (Å²) >= 11 is 12.5. The van der Waals surface area contributed by atoms with Gasteiger partial charge in [-0.2, -0.15) is 0 Å². The average molecular weight is 363 g/mol. The maximum absolute atomic E-state index is 12.3. The third-order valence-corrected chi connectivity index (χ3v) is 5.64. The van der Waals surface area contributed by atoms with E-state index in [4.69, 9.17) is 23.2 Å². The van der Waals surface area contributed by atoms with E-state index in [0.29, 0.717) is 22.4 Å². The number of amides is 1. The molecule has 0 saturated heterocycles. The lowest BCUT2D eigenvalue weighted by molar-refractivity contribution is -0.122. The Labute approximate surface area is 151 Å². The number of H-pyrrole nitrogens is 1. The van der Waals surface area contributed by atoms with Crippen LogP contribution in [-0.2, 0) is 17.6 Å². The van der Waals surface area contributed by atoms with Crippen molar-refractivity contribution in [1.29, 1.82) is 0 Å².